The van der Waals surface area contributed by atoms with Gasteiger partial charge in [0.05, 0.1) is 18.3 Å². The lowest BCUT2D eigenvalue weighted by atomic mass is 10.3. The summed E-state index contributed by atoms with van der Waals surface area (Å²) in [5.74, 6) is 1.30. The Morgan fingerprint density at radius 2 is 2.33 bits per heavy atom. The molecule has 1 aliphatic rings. The highest BCUT2D eigenvalue weighted by atomic mass is 32.2. The number of hydrogen-bond acceptors (Lipinski definition) is 7. The smallest absolute Gasteiger partial charge is 0.374 e. The highest BCUT2D eigenvalue weighted by molar-refractivity contribution is 7.98. The highest BCUT2D eigenvalue weighted by Crippen LogP contribution is 2.42. The SMILES string of the molecule is COC(=O)c1occc1CSc1nnc(-c2cccs2)n1C1CC1. The summed E-state index contributed by atoms with van der Waals surface area (Å²) in [6.07, 6.45) is 3.82. The second kappa shape index (κ2) is 6.45. The highest BCUT2D eigenvalue weighted by Gasteiger charge is 2.30. The van der Waals surface area contributed by atoms with E-state index < -0.39 is 5.97 Å². The van der Waals surface area contributed by atoms with E-state index in [-0.39, 0.29) is 5.76 Å². The zero-order chi connectivity index (χ0) is 16.5. The first-order chi connectivity index (χ1) is 11.8. The fourth-order valence-corrected chi connectivity index (χ4v) is 4.17. The summed E-state index contributed by atoms with van der Waals surface area (Å²) in [6, 6.07) is 6.35. The summed E-state index contributed by atoms with van der Waals surface area (Å²) in [4.78, 5) is 12.8. The van der Waals surface area contributed by atoms with Crippen molar-refractivity contribution < 1.29 is 13.9 Å². The van der Waals surface area contributed by atoms with Crippen molar-refractivity contribution in [3.05, 3.63) is 41.2 Å². The predicted octanol–water partition coefficient (Wildman–Crippen LogP) is 4.01. The van der Waals surface area contributed by atoms with Gasteiger partial charge in [0.2, 0.25) is 5.76 Å². The molecule has 1 saturated carbocycles. The molecule has 0 aliphatic heterocycles. The van der Waals surface area contributed by atoms with Crippen LogP contribution in [0.4, 0.5) is 0 Å². The Bertz CT molecular complexity index is 850. The number of furan rings is 1. The molecule has 124 valence electrons. The van der Waals surface area contributed by atoms with Gasteiger partial charge >= 0.3 is 5.97 Å². The standard InChI is InChI=1S/C16H15N3O3S2/c1-21-15(20)13-10(6-7-22-13)9-24-16-18-17-14(12-3-2-8-23-12)19(16)11-4-5-11/h2-3,6-8,11H,4-5,9H2,1H3. The van der Waals surface area contributed by atoms with Crippen LogP contribution in [0.5, 0.6) is 0 Å². The lowest BCUT2D eigenvalue weighted by Crippen LogP contribution is -2.03. The van der Waals surface area contributed by atoms with Crippen LogP contribution in [0, 0.1) is 0 Å². The fourth-order valence-electron chi connectivity index (χ4n) is 2.47. The summed E-state index contributed by atoms with van der Waals surface area (Å²) in [6.45, 7) is 0. The van der Waals surface area contributed by atoms with Gasteiger partial charge in [-0.2, -0.15) is 0 Å². The van der Waals surface area contributed by atoms with E-state index in [1.165, 1.54) is 13.4 Å². The Morgan fingerprint density at radius 3 is 3.04 bits per heavy atom. The second-order valence-electron chi connectivity index (χ2n) is 5.44. The Kier molecular flexibility index (Phi) is 4.15. The number of methoxy groups -OCH3 is 1. The third kappa shape index (κ3) is 2.87. The van der Waals surface area contributed by atoms with Crippen LogP contribution in [0.1, 0.15) is 35.0 Å². The van der Waals surface area contributed by atoms with E-state index in [0.717, 1.165) is 34.3 Å². The molecule has 3 aromatic rings. The van der Waals surface area contributed by atoms with Gasteiger partial charge in [-0.25, -0.2) is 4.79 Å². The van der Waals surface area contributed by atoms with E-state index >= 15 is 0 Å². The molecule has 0 N–H and O–H groups in total. The molecule has 1 fully saturated rings. The maximum absolute atomic E-state index is 11.7. The number of nitrogens with zero attached hydrogens (tertiary/aromatic N) is 3. The van der Waals surface area contributed by atoms with Crippen molar-refractivity contribution in [3.8, 4) is 10.7 Å². The Morgan fingerprint density at radius 1 is 1.46 bits per heavy atom. The third-order valence-corrected chi connectivity index (χ3v) is 5.65. The molecule has 0 amide bonds. The topological polar surface area (TPSA) is 70.2 Å². The minimum atomic E-state index is -0.460. The number of aromatic nitrogens is 3. The monoisotopic (exact) mass is 361 g/mol. The molecular weight excluding hydrogens is 346 g/mol. The first-order valence-electron chi connectivity index (χ1n) is 7.54. The number of hydrogen-bond donors (Lipinski definition) is 0. The molecule has 0 radical (unpaired) electrons. The van der Waals surface area contributed by atoms with Crippen LogP contribution in [0.25, 0.3) is 10.7 Å². The van der Waals surface area contributed by atoms with Crippen LogP contribution >= 0.6 is 23.1 Å². The van der Waals surface area contributed by atoms with Crippen molar-refractivity contribution in [3.63, 3.8) is 0 Å². The largest absolute Gasteiger partial charge is 0.463 e. The number of esters is 1. The molecule has 0 saturated heterocycles. The molecule has 0 aromatic carbocycles. The summed E-state index contributed by atoms with van der Waals surface area (Å²) in [7, 11) is 1.35. The summed E-state index contributed by atoms with van der Waals surface area (Å²) in [5, 5.41) is 11.7. The van der Waals surface area contributed by atoms with Gasteiger partial charge in [0.1, 0.15) is 0 Å². The molecular formula is C16H15N3O3S2. The molecule has 24 heavy (non-hydrogen) atoms. The average Bonchev–Trinajstić information content (AvgIpc) is 3.04. The summed E-state index contributed by atoms with van der Waals surface area (Å²) < 4.78 is 12.2. The predicted molar refractivity (Wildman–Crippen MR) is 91.2 cm³/mol. The molecule has 0 unspecified atom stereocenters. The Labute approximate surface area is 146 Å². The number of ether oxygens (including phenoxy) is 1. The maximum atomic E-state index is 11.7. The molecule has 1 aliphatic carbocycles. The van der Waals surface area contributed by atoms with Crippen molar-refractivity contribution in [2.75, 3.05) is 7.11 Å². The van der Waals surface area contributed by atoms with Crippen molar-refractivity contribution in [1.82, 2.24) is 14.8 Å². The first kappa shape index (κ1) is 15.5. The number of thiophene rings is 1. The van der Waals surface area contributed by atoms with E-state index in [1.54, 1.807) is 29.2 Å². The van der Waals surface area contributed by atoms with Crippen molar-refractivity contribution in [2.45, 2.75) is 29.8 Å². The van der Waals surface area contributed by atoms with Crippen LogP contribution in [0.15, 0.2) is 39.4 Å². The first-order valence-corrected chi connectivity index (χ1v) is 9.40. The van der Waals surface area contributed by atoms with E-state index in [2.05, 4.69) is 20.8 Å². The lowest BCUT2D eigenvalue weighted by Gasteiger charge is -2.07. The van der Waals surface area contributed by atoms with Gasteiger partial charge in [-0.3, -0.25) is 4.57 Å². The molecule has 0 atom stereocenters. The summed E-state index contributed by atoms with van der Waals surface area (Å²) in [5.41, 5.74) is 0.801. The van der Waals surface area contributed by atoms with Crippen LogP contribution in [-0.4, -0.2) is 27.8 Å². The maximum Gasteiger partial charge on any atom is 0.374 e. The third-order valence-electron chi connectivity index (χ3n) is 3.79. The Hall–Kier alpha value is -2.06. The minimum absolute atomic E-state index is 0.251. The average molecular weight is 361 g/mol. The van der Waals surface area contributed by atoms with E-state index in [9.17, 15) is 4.79 Å². The van der Waals surface area contributed by atoms with Gasteiger partial charge in [0, 0.05) is 17.4 Å². The second-order valence-corrected chi connectivity index (χ2v) is 7.33. The van der Waals surface area contributed by atoms with E-state index in [0.29, 0.717) is 11.8 Å². The Balaban J connectivity index is 1.58. The van der Waals surface area contributed by atoms with Gasteiger partial charge < -0.3 is 9.15 Å². The molecule has 0 bridgehead atoms. The van der Waals surface area contributed by atoms with E-state index in [4.69, 9.17) is 9.15 Å². The van der Waals surface area contributed by atoms with Crippen molar-refractivity contribution in [2.24, 2.45) is 0 Å². The van der Waals surface area contributed by atoms with Gasteiger partial charge in [-0.1, -0.05) is 17.8 Å². The van der Waals surface area contributed by atoms with E-state index in [1.807, 2.05) is 11.4 Å². The van der Waals surface area contributed by atoms with Crippen LogP contribution in [0.3, 0.4) is 0 Å². The van der Waals surface area contributed by atoms with Crippen LogP contribution in [0.2, 0.25) is 0 Å². The van der Waals surface area contributed by atoms with Crippen LogP contribution < -0.4 is 0 Å². The number of thioether (sulfide) groups is 1. The fraction of sp³-hybridized carbons (Fsp3) is 0.312. The molecule has 4 rings (SSSR count). The molecule has 3 aromatic heterocycles. The van der Waals surface area contributed by atoms with Crippen LogP contribution in [-0.2, 0) is 10.5 Å². The minimum Gasteiger partial charge on any atom is -0.463 e. The number of carbonyl (C=O) groups is 1. The van der Waals surface area contributed by atoms with Gasteiger partial charge in [0.15, 0.2) is 11.0 Å². The quantitative estimate of drug-likeness (QED) is 0.488. The zero-order valence-electron chi connectivity index (χ0n) is 13.0. The molecule has 3 heterocycles. The summed E-state index contributed by atoms with van der Waals surface area (Å²) >= 11 is 3.22. The molecule has 8 heteroatoms. The lowest BCUT2D eigenvalue weighted by molar-refractivity contribution is 0.0564. The van der Waals surface area contributed by atoms with Crippen molar-refractivity contribution >= 4 is 29.1 Å². The normalized spacial score (nSPS) is 14.0. The number of rotatable bonds is 6. The van der Waals surface area contributed by atoms with Gasteiger partial charge in [0.25, 0.3) is 0 Å². The number of carbonyl (C=O) groups excluding carboxylic acids is 1. The zero-order valence-corrected chi connectivity index (χ0v) is 14.6. The molecule has 0 spiro atoms. The van der Waals surface area contributed by atoms with Crippen molar-refractivity contribution in [1.29, 1.82) is 0 Å². The van der Waals surface area contributed by atoms with Gasteiger partial charge in [-0.05, 0) is 30.4 Å². The van der Waals surface area contributed by atoms with Gasteiger partial charge in [-0.15, -0.1) is 21.5 Å². The molecule has 6 nitrogen and oxygen atoms in total.